The zero-order valence-corrected chi connectivity index (χ0v) is 11.6. The van der Waals surface area contributed by atoms with Gasteiger partial charge in [0.2, 0.25) is 5.88 Å². The number of nitrogens with zero attached hydrogens (tertiary/aromatic N) is 2. The fraction of sp³-hybridized carbons (Fsp3) is 0.0667. The van der Waals surface area contributed by atoms with Crippen molar-refractivity contribution < 1.29 is 19.2 Å². The van der Waals surface area contributed by atoms with Crippen LogP contribution in [0.2, 0.25) is 0 Å². The lowest BCUT2D eigenvalue weighted by molar-refractivity contribution is -0.384. The molecule has 0 saturated heterocycles. The molecule has 112 valence electrons. The quantitative estimate of drug-likeness (QED) is 0.277. The van der Waals surface area contributed by atoms with E-state index in [1.54, 1.807) is 24.4 Å². The molecular formula is C15H12N2O5. The predicted octanol–water partition coefficient (Wildman–Crippen LogP) is 2.62. The highest BCUT2D eigenvalue weighted by Gasteiger charge is 2.06. The number of ether oxygens (including phenoxy) is 2. The molecule has 0 fully saturated rings. The minimum absolute atomic E-state index is 0.0698. The molecule has 1 aromatic carbocycles. The number of hydrogen-bond acceptors (Lipinski definition) is 6. The summed E-state index contributed by atoms with van der Waals surface area (Å²) in [5.41, 5.74) is 0.640. The van der Waals surface area contributed by atoms with Crippen LogP contribution >= 0.6 is 0 Å². The number of nitro benzene ring substituents is 1. The summed E-state index contributed by atoms with van der Waals surface area (Å²) in [6.07, 6.45) is 4.33. The van der Waals surface area contributed by atoms with Crippen molar-refractivity contribution in [3.63, 3.8) is 0 Å². The molecule has 0 N–H and O–H groups in total. The molecule has 0 unspecified atom stereocenters. The number of rotatable bonds is 5. The molecule has 1 heterocycles. The number of aromatic nitrogens is 1. The average Bonchev–Trinajstić information content (AvgIpc) is 2.54. The number of benzene rings is 1. The highest BCUT2D eigenvalue weighted by Crippen LogP contribution is 2.17. The summed E-state index contributed by atoms with van der Waals surface area (Å²) in [6.45, 7) is 0. The average molecular weight is 300 g/mol. The van der Waals surface area contributed by atoms with E-state index in [-0.39, 0.29) is 11.4 Å². The highest BCUT2D eigenvalue weighted by atomic mass is 16.6. The normalized spacial score (nSPS) is 10.4. The lowest BCUT2D eigenvalue weighted by Gasteiger charge is -2.01. The van der Waals surface area contributed by atoms with E-state index in [0.717, 1.165) is 0 Å². The van der Waals surface area contributed by atoms with E-state index in [1.807, 2.05) is 0 Å². The van der Waals surface area contributed by atoms with Crippen molar-refractivity contribution in [2.45, 2.75) is 0 Å². The Morgan fingerprint density at radius 3 is 2.50 bits per heavy atom. The Kier molecular flexibility index (Phi) is 4.81. The van der Waals surface area contributed by atoms with Crippen LogP contribution in [0.15, 0.2) is 48.7 Å². The van der Waals surface area contributed by atoms with Gasteiger partial charge in [-0.05, 0) is 29.8 Å². The van der Waals surface area contributed by atoms with Crippen LogP contribution in [0.25, 0.3) is 6.08 Å². The third kappa shape index (κ3) is 4.14. The van der Waals surface area contributed by atoms with Crippen molar-refractivity contribution in [2.24, 2.45) is 0 Å². The summed E-state index contributed by atoms with van der Waals surface area (Å²) in [5.74, 6) is 0.114. The fourth-order valence-corrected chi connectivity index (χ4v) is 1.56. The Morgan fingerprint density at radius 1 is 1.23 bits per heavy atom. The third-order valence-corrected chi connectivity index (χ3v) is 2.65. The van der Waals surface area contributed by atoms with Gasteiger partial charge in [0.15, 0.2) is 0 Å². The maximum atomic E-state index is 11.6. The molecule has 0 bridgehead atoms. The Bertz CT molecular complexity index is 693. The van der Waals surface area contributed by atoms with Gasteiger partial charge in [0.05, 0.1) is 12.0 Å². The molecule has 0 spiro atoms. The predicted molar refractivity (Wildman–Crippen MR) is 78.6 cm³/mol. The molecule has 0 aliphatic rings. The van der Waals surface area contributed by atoms with Gasteiger partial charge >= 0.3 is 5.97 Å². The first kappa shape index (κ1) is 15.2. The third-order valence-electron chi connectivity index (χ3n) is 2.65. The number of methoxy groups -OCH3 is 1. The van der Waals surface area contributed by atoms with Gasteiger partial charge in [-0.1, -0.05) is 0 Å². The second kappa shape index (κ2) is 6.98. The number of esters is 1. The highest BCUT2D eigenvalue weighted by molar-refractivity contribution is 5.88. The SMILES string of the molecule is COc1ccc(C=CC(=O)Oc2ccc([N+](=O)[O-])cc2)cn1. The molecule has 22 heavy (non-hydrogen) atoms. The van der Waals surface area contributed by atoms with Gasteiger partial charge in [-0.25, -0.2) is 9.78 Å². The minimum Gasteiger partial charge on any atom is -0.481 e. The summed E-state index contributed by atoms with van der Waals surface area (Å²) in [4.78, 5) is 25.6. The van der Waals surface area contributed by atoms with Gasteiger partial charge < -0.3 is 9.47 Å². The van der Waals surface area contributed by atoms with Crippen LogP contribution in [0.4, 0.5) is 5.69 Å². The standard InChI is InChI=1S/C15H12N2O5/c1-21-14-8-2-11(10-16-14)3-9-15(18)22-13-6-4-12(5-7-13)17(19)20/h2-10H,1H3. The van der Waals surface area contributed by atoms with Crippen molar-refractivity contribution in [1.82, 2.24) is 4.98 Å². The molecular weight excluding hydrogens is 288 g/mol. The molecule has 1 aromatic heterocycles. The summed E-state index contributed by atoms with van der Waals surface area (Å²) >= 11 is 0. The van der Waals surface area contributed by atoms with E-state index < -0.39 is 10.9 Å². The lowest BCUT2D eigenvalue weighted by atomic mass is 10.2. The maximum Gasteiger partial charge on any atom is 0.336 e. The topological polar surface area (TPSA) is 91.6 Å². The van der Waals surface area contributed by atoms with Crippen LogP contribution in [0.5, 0.6) is 11.6 Å². The van der Waals surface area contributed by atoms with Crippen LogP contribution in [-0.4, -0.2) is 23.0 Å². The number of hydrogen-bond donors (Lipinski definition) is 0. The Morgan fingerprint density at radius 2 is 1.95 bits per heavy atom. The largest absolute Gasteiger partial charge is 0.481 e. The van der Waals surface area contributed by atoms with Gasteiger partial charge in [0.25, 0.3) is 5.69 Å². The molecule has 0 aliphatic carbocycles. The number of carbonyl (C=O) groups excluding carboxylic acids is 1. The molecule has 7 heteroatoms. The van der Waals surface area contributed by atoms with E-state index in [9.17, 15) is 14.9 Å². The lowest BCUT2D eigenvalue weighted by Crippen LogP contribution is -2.03. The molecule has 0 radical (unpaired) electrons. The number of nitro groups is 1. The van der Waals surface area contributed by atoms with Gasteiger partial charge in [0.1, 0.15) is 5.75 Å². The maximum absolute atomic E-state index is 11.6. The molecule has 2 rings (SSSR count). The minimum atomic E-state index is -0.593. The first-order valence-electron chi connectivity index (χ1n) is 6.23. The van der Waals surface area contributed by atoms with Crippen molar-refractivity contribution in [1.29, 1.82) is 0 Å². The smallest absolute Gasteiger partial charge is 0.336 e. The van der Waals surface area contributed by atoms with Crippen LogP contribution in [0.3, 0.4) is 0 Å². The zero-order valence-electron chi connectivity index (χ0n) is 11.6. The first-order chi connectivity index (χ1) is 10.6. The van der Waals surface area contributed by atoms with E-state index in [4.69, 9.17) is 9.47 Å². The first-order valence-corrected chi connectivity index (χ1v) is 6.23. The van der Waals surface area contributed by atoms with Crippen molar-refractivity contribution in [2.75, 3.05) is 7.11 Å². The fourth-order valence-electron chi connectivity index (χ4n) is 1.56. The summed E-state index contributed by atoms with van der Waals surface area (Å²) in [5, 5.41) is 10.5. The van der Waals surface area contributed by atoms with Gasteiger partial charge in [-0.2, -0.15) is 0 Å². The van der Waals surface area contributed by atoms with Crippen LogP contribution in [-0.2, 0) is 4.79 Å². The van der Waals surface area contributed by atoms with Crippen LogP contribution in [0, 0.1) is 10.1 Å². The van der Waals surface area contributed by atoms with E-state index in [2.05, 4.69) is 4.98 Å². The number of carbonyl (C=O) groups is 1. The monoisotopic (exact) mass is 300 g/mol. The van der Waals surface area contributed by atoms with Gasteiger partial charge in [-0.15, -0.1) is 0 Å². The Hall–Kier alpha value is -3.22. The second-order valence-electron chi connectivity index (χ2n) is 4.14. The molecule has 0 atom stereocenters. The van der Waals surface area contributed by atoms with Gasteiger partial charge in [-0.3, -0.25) is 10.1 Å². The van der Waals surface area contributed by atoms with Crippen molar-refractivity contribution >= 4 is 17.7 Å². The molecule has 0 saturated carbocycles. The zero-order chi connectivity index (χ0) is 15.9. The molecule has 2 aromatic rings. The van der Waals surface area contributed by atoms with E-state index >= 15 is 0 Å². The summed E-state index contributed by atoms with van der Waals surface area (Å²) < 4.78 is 9.95. The summed E-state index contributed by atoms with van der Waals surface area (Å²) in [6, 6.07) is 8.65. The number of pyridine rings is 1. The van der Waals surface area contributed by atoms with E-state index in [0.29, 0.717) is 11.4 Å². The Balaban J connectivity index is 1.96. The molecule has 0 amide bonds. The van der Waals surface area contributed by atoms with Crippen LogP contribution < -0.4 is 9.47 Å². The molecule has 0 aliphatic heterocycles. The van der Waals surface area contributed by atoms with Crippen molar-refractivity contribution in [3.05, 3.63) is 64.3 Å². The summed E-state index contributed by atoms with van der Waals surface area (Å²) in [7, 11) is 1.51. The van der Waals surface area contributed by atoms with Crippen LogP contribution in [0.1, 0.15) is 5.56 Å². The van der Waals surface area contributed by atoms with E-state index in [1.165, 1.54) is 37.5 Å². The second-order valence-corrected chi connectivity index (χ2v) is 4.14. The Labute approximate surface area is 126 Å². The molecule has 7 nitrogen and oxygen atoms in total. The number of non-ortho nitro benzene ring substituents is 1. The van der Waals surface area contributed by atoms with Gasteiger partial charge in [0, 0.05) is 30.5 Å². The van der Waals surface area contributed by atoms with Crippen molar-refractivity contribution in [3.8, 4) is 11.6 Å².